The number of hydrogen-bond acceptors (Lipinski definition) is 5. The largest absolute Gasteiger partial charge is 0.378 e. The lowest BCUT2D eigenvalue weighted by Crippen LogP contribution is -2.35. The zero-order valence-corrected chi connectivity index (χ0v) is 17.0. The van der Waals surface area contributed by atoms with Gasteiger partial charge in [0.2, 0.25) is 0 Å². The lowest BCUT2D eigenvalue weighted by Gasteiger charge is -2.30. The summed E-state index contributed by atoms with van der Waals surface area (Å²) >= 11 is 0. The van der Waals surface area contributed by atoms with Crippen molar-refractivity contribution in [3.05, 3.63) is 72.2 Å². The maximum Gasteiger partial charge on any atom is 0.183 e. The molecule has 8 heteroatoms. The summed E-state index contributed by atoms with van der Waals surface area (Å²) in [6.07, 6.45) is 0. The number of benzene rings is 2. The van der Waals surface area contributed by atoms with Gasteiger partial charge in [-0.1, -0.05) is 24.8 Å². The van der Waals surface area contributed by atoms with Gasteiger partial charge in [-0.3, -0.25) is 0 Å². The summed E-state index contributed by atoms with van der Waals surface area (Å²) in [5.74, 6) is -0.696. The molecule has 2 aromatic carbocycles. The SMILES string of the molecule is C=C(c1nn(-c2ccccc2)c2c1CS(=O)(=O)c1ccc(F)cc1-2)N1CCOCC1. The van der Waals surface area contributed by atoms with E-state index in [9.17, 15) is 12.8 Å². The van der Waals surface area contributed by atoms with Crippen LogP contribution in [0.3, 0.4) is 0 Å². The molecule has 2 aliphatic heterocycles. The molecule has 1 saturated heterocycles. The second kappa shape index (κ2) is 7.07. The highest BCUT2D eigenvalue weighted by Crippen LogP contribution is 2.42. The van der Waals surface area contributed by atoms with Gasteiger partial charge in [-0.2, -0.15) is 5.10 Å². The number of aromatic nitrogens is 2. The van der Waals surface area contributed by atoms with Crippen molar-refractivity contribution in [1.82, 2.24) is 14.7 Å². The van der Waals surface area contributed by atoms with Gasteiger partial charge in [-0.15, -0.1) is 0 Å². The molecule has 1 aromatic heterocycles. The van der Waals surface area contributed by atoms with Crippen molar-refractivity contribution in [2.45, 2.75) is 10.6 Å². The maximum atomic E-state index is 14.2. The van der Waals surface area contributed by atoms with Gasteiger partial charge in [0.05, 0.1) is 40.9 Å². The fourth-order valence-corrected chi connectivity index (χ4v) is 5.64. The van der Waals surface area contributed by atoms with Gasteiger partial charge < -0.3 is 9.64 Å². The smallest absolute Gasteiger partial charge is 0.183 e. The molecule has 30 heavy (non-hydrogen) atoms. The zero-order chi connectivity index (χ0) is 20.9. The van der Waals surface area contributed by atoms with Gasteiger partial charge in [0.25, 0.3) is 0 Å². The van der Waals surface area contributed by atoms with Crippen LogP contribution in [0.1, 0.15) is 11.3 Å². The molecule has 154 valence electrons. The topological polar surface area (TPSA) is 64.4 Å². The van der Waals surface area contributed by atoms with Crippen LogP contribution in [0.4, 0.5) is 4.39 Å². The first-order valence-electron chi connectivity index (χ1n) is 9.68. The van der Waals surface area contributed by atoms with Crippen LogP contribution < -0.4 is 0 Å². The molecule has 0 spiro atoms. The van der Waals surface area contributed by atoms with Gasteiger partial charge in [-0.05, 0) is 30.3 Å². The quantitative estimate of drug-likeness (QED) is 0.603. The first kappa shape index (κ1) is 19.0. The van der Waals surface area contributed by atoms with E-state index in [2.05, 4.69) is 11.5 Å². The van der Waals surface area contributed by atoms with E-state index in [4.69, 9.17) is 9.84 Å². The average Bonchev–Trinajstić information content (AvgIpc) is 3.13. The van der Waals surface area contributed by atoms with Crippen molar-refractivity contribution in [3.8, 4) is 16.9 Å². The number of rotatable bonds is 3. The number of nitrogens with zero attached hydrogens (tertiary/aromatic N) is 3. The Morgan fingerprint density at radius 3 is 2.57 bits per heavy atom. The maximum absolute atomic E-state index is 14.2. The molecule has 2 aliphatic rings. The molecule has 0 aliphatic carbocycles. The number of halogens is 1. The monoisotopic (exact) mass is 425 g/mol. The minimum absolute atomic E-state index is 0.122. The second-order valence-electron chi connectivity index (χ2n) is 7.37. The van der Waals surface area contributed by atoms with Crippen molar-refractivity contribution in [2.24, 2.45) is 0 Å². The van der Waals surface area contributed by atoms with Gasteiger partial charge in [0.1, 0.15) is 11.5 Å². The minimum Gasteiger partial charge on any atom is -0.378 e. The van der Waals surface area contributed by atoms with Crippen molar-refractivity contribution in [2.75, 3.05) is 26.3 Å². The third-order valence-electron chi connectivity index (χ3n) is 5.52. The van der Waals surface area contributed by atoms with Gasteiger partial charge in [0, 0.05) is 24.2 Å². The highest BCUT2D eigenvalue weighted by molar-refractivity contribution is 7.90. The Morgan fingerprint density at radius 2 is 1.83 bits per heavy atom. The number of sulfone groups is 1. The van der Waals surface area contributed by atoms with E-state index in [0.29, 0.717) is 54.5 Å². The Morgan fingerprint density at radius 1 is 1.10 bits per heavy atom. The summed E-state index contributed by atoms with van der Waals surface area (Å²) in [6, 6.07) is 13.2. The molecule has 1 fully saturated rings. The van der Waals surface area contributed by atoms with Crippen molar-refractivity contribution < 1.29 is 17.5 Å². The summed E-state index contributed by atoms with van der Waals surface area (Å²) in [6.45, 7) is 6.68. The van der Waals surface area contributed by atoms with E-state index >= 15 is 0 Å². The molecule has 0 atom stereocenters. The van der Waals surface area contributed by atoms with E-state index < -0.39 is 15.7 Å². The normalized spacial score (nSPS) is 17.3. The number of fused-ring (bicyclic) bond motifs is 3. The van der Waals surface area contributed by atoms with Crippen LogP contribution in [0, 0.1) is 5.82 Å². The summed E-state index contributed by atoms with van der Waals surface area (Å²) in [5.41, 5.74) is 3.41. The van der Waals surface area contributed by atoms with Crippen LogP contribution in [-0.2, 0) is 20.3 Å². The van der Waals surface area contributed by atoms with Crippen molar-refractivity contribution >= 4 is 15.5 Å². The first-order valence-corrected chi connectivity index (χ1v) is 11.3. The molecule has 0 unspecified atom stereocenters. The average molecular weight is 425 g/mol. The number of ether oxygens (including phenoxy) is 1. The molecule has 3 aromatic rings. The molecular weight excluding hydrogens is 405 g/mol. The predicted molar refractivity (Wildman–Crippen MR) is 111 cm³/mol. The Labute approximate surface area is 174 Å². The van der Waals surface area contributed by atoms with Gasteiger partial charge in [-0.25, -0.2) is 17.5 Å². The highest BCUT2D eigenvalue weighted by atomic mass is 32.2. The van der Waals surface area contributed by atoms with Gasteiger partial charge in [0.15, 0.2) is 9.84 Å². The molecule has 3 heterocycles. The summed E-state index contributed by atoms with van der Waals surface area (Å²) in [7, 11) is -3.63. The summed E-state index contributed by atoms with van der Waals surface area (Å²) < 4.78 is 47.3. The fourth-order valence-electron chi connectivity index (χ4n) is 4.06. The molecule has 0 amide bonds. The third kappa shape index (κ3) is 3.03. The van der Waals surface area contributed by atoms with E-state index in [1.165, 1.54) is 18.2 Å². The van der Waals surface area contributed by atoms with Crippen LogP contribution >= 0.6 is 0 Å². The molecule has 0 radical (unpaired) electrons. The molecule has 6 nitrogen and oxygen atoms in total. The summed E-state index contributed by atoms with van der Waals surface area (Å²) in [5, 5.41) is 4.78. The highest BCUT2D eigenvalue weighted by Gasteiger charge is 2.36. The van der Waals surface area contributed by atoms with Crippen molar-refractivity contribution in [1.29, 1.82) is 0 Å². The van der Waals surface area contributed by atoms with Crippen LogP contribution in [0.5, 0.6) is 0 Å². The van der Waals surface area contributed by atoms with E-state index in [-0.39, 0.29) is 10.6 Å². The Hall–Kier alpha value is -2.97. The fraction of sp³-hybridized carbons (Fsp3) is 0.227. The minimum atomic E-state index is -3.63. The first-order chi connectivity index (χ1) is 14.5. The molecule has 0 bridgehead atoms. The Balaban J connectivity index is 1.77. The number of para-hydroxylation sites is 1. The predicted octanol–water partition coefficient (Wildman–Crippen LogP) is 3.27. The van der Waals surface area contributed by atoms with Crippen LogP contribution in [0.15, 0.2) is 60.0 Å². The molecular formula is C22H20FN3O3S. The van der Waals surface area contributed by atoms with Crippen molar-refractivity contribution in [3.63, 3.8) is 0 Å². The lowest BCUT2D eigenvalue weighted by molar-refractivity contribution is 0.0639. The number of hydrogen-bond donors (Lipinski definition) is 0. The second-order valence-corrected chi connectivity index (χ2v) is 9.33. The van der Waals surface area contributed by atoms with Crippen LogP contribution in [0.25, 0.3) is 22.6 Å². The molecule has 0 saturated carbocycles. The lowest BCUT2D eigenvalue weighted by atomic mass is 10.0. The standard InChI is InChI=1S/C22H20FN3O3S/c1-15(25-9-11-29-12-10-25)21-19-14-30(27,28)20-8-7-16(23)13-18(20)22(19)26(24-21)17-5-3-2-4-6-17/h2-8,13H,1,9-12,14H2. The van der Waals surface area contributed by atoms with E-state index in [1.54, 1.807) is 4.68 Å². The Kier molecular flexibility index (Phi) is 4.48. The summed E-state index contributed by atoms with van der Waals surface area (Å²) in [4.78, 5) is 2.17. The Bertz CT molecular complexity index is 1250. The van der Waals surface area contributed by atoms with E-state index in [0.717, 1.165) is 5.69 Å². The zero-order valence-electron chi connectivity index (χ0n) is 16.2. The third-order valence-corrected chi connectivity index (χ3v) is 7.21. The molecule has 0 N–H and O–H groups in total. The van der Waals surface area contributed by atoms with Crippen LogP contribution in [0.2, 0.25) is 0 Å². The number of morpholine rings is 1. The van der Waals surface area contributed by atoms with Crippen LogP contribution in [-0.4, -0.2) is 49.4 Å². The van der Waals surface area contributed by atoms with E-state index in [1.807, 2.05) is 30.3 Å². The molecule has 5 rings (SSSR count). The van der Waals surface area contributed by atoms with Gasteiger partial charge >= 0.3 is 0 Å².